The highest BCUT2D eigenvalue weighted by molar-refractivity contribution is 5.84. The molecule has 0 radical (unpaired) electrons. The molecule has 1 amide bonds. The number of rotatable bonds is 9. The molecule has 2 aliphatic heterocycles. The molecule has 11 heteroatoms. The Balaban J connectivity index is 1.43. The summed E-state index contributed by atoms with van der Waals surface area (Å²) in [5, 5.41) is 10.3. The molecule has 1 N–H and O–H groups in total. The van der Waals surface area contributed by atoms with E-state index in [0.717, 1.165) is 75.7 Å². The van der Waals surface area contributed by atoms with Crippen molar-refractivity contribution in [3.05, 3.63) is 59.2 Å². The van der Waals surface area contributed by atoms with Gasteiger partial charge >= 0.3 is 6.43 Å². The number of hydrogen-bond donors (Lipinski definition) is 1. The topological polar surface area (TPSA) is 77.7 Å². The largest absolute Gasteiger partial charge is 0.415 e. The summed E-state index contributed by atoms with van der Waals surface area (Å²) in [5.74, 6) is -1.16. The lowest BCUT2D eigenvalue weighted by atomic mass is 9.89. The standard InChI is InChI=1S/C29H35F3N6O2/c1-36-13-9-23(10-14-36)37(2)26-16-20(19-7-11-33-12-8-19)5-6-25(26)38(18-39)17-22-4-3-21(15-24(22)30)28-34-35-29(40-28)27(31)32/h3-6,15-16,18-19,23,27,33H,7-14,17H2,1-2H3. The number of nitrogens with one attached hydrogen (secondary N) is 1. The van der Waals surface area contributed by atoms with Crippen molar-refractivity contribution in [2.75, 3.05) is 50.1 Å². The number of aromatic nitrogens is 2. The second kappa shape index (κ2) is 12.4. The number of carbonyl (C=O) groups excluding carboxylic acids is 1. The maximum absolute atomic E-state index is 15.2. The molecule has 8 nitrogen and oxygen atoms in total. The maximum atomic E-state index is 15.2. The molecule has 2 fully saturated rings. The molecule has 2 aromatic carbocycles. The molecule has 0 atom stereocenters. The number of likely N-dealkylation sites (tertiary alicyclic amines) is 1. The van der Waals surface area contributed by atoms with E-state index in [2.05, 4.69) is 51.5 Å². The summed E-state index contributed by atoms with van der Waals surface area (Å²) in [6, 6.07) is 10.8. The lowest BCUT2D eigenvalue weighted by molar-refractivity contribution is -0.107. The van der Waals surface area contributed by atoms with Crippen LogP contribution >= 0.6 is 0 Å². The van der Waals surface area contributed by atoms with Gasteiger partial charge in [-0.1, -0.05) is 12.1 Å². The third-order valence-corrected chi connectivity index (χ3v) is 8.13. The highest BCUT2D eigenvalue weighted by Crippen LogP contribution is 2.37. The number of hydrogen-bond acceptors (Lipinski definition) is 7. The van der Waals surface area contributed by atoms with E-state index >= 15 is 4.39 Å². The Labute approximate surface area is 232 Å². The summed E-state index contributed by atoms with van der Waals surface area (Å²) in [7, 11) is 4.21. The second-order valence-corrected chi connectivity index (χ2v) is 10.7. The molecule has 2 saturated heterocycles. The molecular formula is C29H35F3N6O2. The third kappa shape index (κ3) is 6.15. The van der Waals surface area contributed by atoms with Crippen molar-refractivity contribution in [3.8, 4) is 11.5 Å². The molecule has 0 saturated carbocycles. The lowest BCUT2D eigenvalue weighted by Crippen LogP contribution is -2.42. The van der Waals surface area contributed by atoms with Crippen LogP contribution in [0.4, 0.5) is 24.5 Å². The first-order chi connectivity index (χ1) is 19.3. The highest BCUT2D eigenvalue weighted by Gasteiger charge is 2.26. The van der Waals surface area contributed by atoms with Crippen molar-refractivity contribution in [3.63, 3.8) is 0 Å². The van der Waals surface area contributed by atoms with Gasteiger partial charge in [-0.15, -0.1) is 10.2 Å². The number of halogens is 3. The minimum atomic E-state index is -2.91. The zero-order valence-electron chi connectivity index (χ0n) is 22.8. The zero-order valence-corrected chi connectivity index (χ0v) is 22.8. The Morgan fingerprint density at radius 1 is 1.07 bits per heavy atom. The van der Waals surface area contributed by atoms with Gasteiger partial charge < -0.3 is 24.4 Å². The van der Waals surface area contributed by atoms with Crippen molar-refractivity contribution in [2.24, 2.45) is 0 Å². The monoisotopic (exact) mass is 556 g/mol. The van der Waals surface area contributed by atoms with Crippen LogP contribution in [0.15, 0.2) is 40.8 Å². The fourth-order valence-electron chi connectivity index (χ4n) is 5.66. The van der Waals surface area contributed by atoms with Crippen LogP contribution in [0.3, 0.4) is 0 Å². The van der Waals surface area contributed by atoms with Crippen LogP contribution in [0.25, 0.3) is 11.5 Å². The van der Waals surface area contributed by atoms with E-state index in [9.17, 15) is 13.6 Å². The highest BCUT2D eigenvalue weighted by atomic mass is 19.3. The maximum Gasteiger partial charge on any atom is 0.314 e. The Morgan fingerprint density at radius 2 is 1.82 bits per heavy atom. The molecule has 3 aromatic rings. The predicted octanol–water partition coefficient (Wildman–Crippen LogP) is 4.97. The summed E-state index contributed by atoms with van der Waals surface area (Å²) in [6.07, 6.45) is 1.98. The van der Waals surface area contributed by atoms with Crippen LogP contribution in [0.1, 0.15) is 55.0 Å². The first-order valence-corrected chi connectivity index (χ1v) is 13.7. The fraction of sp³-hybridized carbons (Fsp3) is 0.483. The molecule has 5 rings (SSSR count). The van der Waals surface area contributed by atoms with Crippen LogP contribution in [0, 0.1) is 5.82 Å². The number of anilines is 2. The molecule has 0 aliphatic carbocycles. The second-order valence-electron chi connectivity index (χ2n) is 10.7. The van der Waals surface area contributed by atoms with Crippen LogP contribution in [0.2, 0.25) is 0 Å². The molecule has 0 unspecified atom stereocenters. The van der Waals surface area contributed by atoms with Crippen LogP contribution in [0.5, 0.6) is 0 Å². The van der Waals surface area contributed by atoms with Gasteiger partial charge in [0.05, 0.1) is 17.9 Å². The van der Waals surface area contributed by atoms with Gasteiger partial charge in [-0.05, 0) is 94.7 Å². The zero-order chi connectivity index (χ0) is 28.2. The Hall–Kier alpha value is -3.44. The smallest absolute Gasteiger partial charge is 0.314 e. The number of carbonyl (C=O) groups is 1. The first-order valence-electron chi connectivity index (χ1n) is 13.7. The normalized spacial score (nSPS) is 17.4. The molecule has 1 aromatic heterocycles. The molecule has 2 aliphatic rings. The quantitative estimate of drug-likeness (QED) is 0.373. The number of alkyl halides is 2. The van der Waals surface area contributed by atoms with Gasteiger partial charge in [0.25, 0.3) is 5.89 Å². The van der Waals surface area contributed by atoms with Gasteiger partial charge in [0.1, 0.15) is 5.82 Å². The SMILES string of the molecule is CN1CCC(N(C)c2cc(C3CCNCC3)ccc2N(C=O)Cc2ccc(-c3nnc(C(F)F)o3)cc2F)CC1. The van der Waals surface area contributed by atoms with E-state index in [4.69, 9.17) is 4.42 Å². The van der Waals surface area contributed by atoms with Gasteiger partial charge in [-0.25, -0.2) is 4.39 Å². The first kappa shape index (κ1) is 28.1. The van der Waals surface area contributed by atoms with Crippen molar-refractivity contribution in [2.45, 2.75) is 50.6 Å². The third-order valence-electron chi connectivity index (χ3n) is 8.13. The van der Waals surface area contributed by atoms with Gasteiger partial charge in [-0.3, -0.25) is 4.79 Å². The van der Waals surface area contributed by atoms with E-state index in [1.165, 1.54) is 22.6 Å². The fourth-order valence-corrected chi connectivity index (χ4v) is 5.66. The molecule has 0 bridgehead atoms. The summed E-state index contributed by atoms with van der Waals surface area (Å²) < 4.78 is 45.8. The number of amides is 1. The van der Waals surface area contributed by atoms with Crippen molar-refractivity contribution in [1.82, 2.24) is 20.4 Å². The summed E-state index contributed by atoms with van der Waals surface area (Å²) >= 11 is 0. The van der Waals surface area contributed by atoms with E-state index in [1.807, 2.05) is 6.07 Å². The van der Waals surface area contributed by atoms with Gasteiger partial charge in [0, 0.05) is 24.2 Å². The average molecular weight is 557 g/mol. The van der Waals surface area contributed by atoms with Crippen LogP contribution in [-0.2, 0) is 11.3 Å². The predicted molar refractivity (Wildman–Crippen MR) is 147 cm³/mol. The van der Waals surface area contributed by atoms with E-state index in [-0.39, 0.29) is 23.6 Å². The Morgan fingerprint density at radius 3 is 2.48 bits per heavy atom. The summed E-state index contributed by atoms with van der Waals surface area (Å²) in [6.45, 7) is 3.98. The van der Waals surface area contributed by atoms with Gasteiger partial charge in [0.15, 0.2) is 0 Å². The Bertz CT molecular complexity index is 1300. The minimum Gasteiger partial charge on any atom is -0.415 e. The van der Waals surface area contributed by atoms with Crippen LogP contribution < -0.4 is 15.1 Å². The lowest BCUT2D eigenvalue weighted by Gasteiger charge is -2.38. The van der Waals surface area contributed by atoms with Crippen LogP contribution in [-0.4, -0.2) is 67.8 Å². The van der Waals surface area contributed by atoms with Gasteiger partial charge in [-0.2, -0.15) is 8.78 Å². The molecule has 3 heterocycles. The molecule has 0 spiro atoms. The van der Waals surface area contributed by atoms with Gasteiger partial charge in [0.2, 0.25) is 12.3 Å². The summed E-state index contributed by atoms with van der Waals surface area (Å²) in [5.41, 5.74) is 3.40. The van der Waals surface area contributed by atoms with Crippen molar-refractivity contribution < 1.29 is 22.4 Å². The molecule has 214 valence electrons. The van der Waals surface area contributed by atoms with E-state index in [1.54, 1.807) is 0 Å². The van der Waals surface area contributed by atoms with Crippen molar-refractivity contribution in [1.29, 1.82) is 0 Å². The number of piperidine rings is 2. The van der Waals surface area contributed by atoms with E-state index < -0.39 is 18.1 Å². The van der Waals surface area contributed by atoms with Crippen molar-refractivity contribution >= 4 is 17.8 Å². The number of benzene rings is 2. The molecule has 40 heavy (non-hydrogen) atoms. The average Bonchev–Trinajstić information content (AvgIpc) is 3.48. The minimum absolute atomic E-state index is 0.00265. The summed E-state index contributed by atoms with van der Waals surface area (Å²) in [4.78, 5) is 18.5. The Kier molecular flexibility index (Phi) is 8.70. The van der Waals surface area contributed by atoms with E-state index in [0.29, 0.717) is 12.0 Å². The molecular weight excluding hydrogens is 521 g/mol. The number of nitrogens with zero attached hydrogens (tertiary/aromatic N) is 5.